The van der Waals surface area contributed by atoms with Gasteiger partial charge in [0.2, 0.25) is 5.91 Å². The van der Waals surface area contributed by atoms with E-state index >= 15 is 0 Å². The zero-order chi connectivity index (χ0) is 21.0. The molecular weight excluding hydrogens is 507 g/mol. The first-order chi connectivity index (χ1) is 14.7. The Morgan fingerprint density at radius 2 is 2.06 bits per heavy atom. The molecule has 1 aliphatic rings. The molecule has 0 aliphatic carbocycles. The van der Waals surface area contributed by atoms with Crippen LogP contribution in [0.5, 0.6) is 0 Å². The Bertz CT molecular complexity index is 783. The number of rotatable bonds is 11. The minimum absolute atomic E-state index is 0. The highest BCUT2D eigenvalue weighted by molar-refractivity contribution is 14.0. The number of likely N-dealkylation sites (tertiary alicyclic amines) is 1. The van der Waals surface area contributed by atoms with Gasteiger partial charge in [0, 0.05) is 52.2 Å². The number of hydrogen-bond acceptors (Lipinski definition) is 4. The van der Waals surface area contributed by atoms with Crippen LogP contribution in [0.25, 0.3) is 0 Å². The van der Waals surface area contributed by atoms with E-state index in [0.717, 1.165) is 50.7 Å². The smallest absolute Gasteiger partial charge is 0.223 e. The zero-order valence-electron chi connectivity index (χ0n) is 18.1. The van der Waals surface area contributed by atoms with Crippen LogP contribution in [0.3, 0.4) is 0 Å². The van der Waals surface area contributed by atoms with Gasteiger partial charge in [-0.25, -0.2) is 0 Å². The van der Waals surface area contributed by atoms with Gasteiger partial charge in [0.25, 0.3) is 0 Å². The summed E-state index contributed by atoms with van der Waals surface area (Å²) in [4.78, 5) is 18.5. The first-order valence-electron chi connectivity index (χ1n) is 10.6. The van der Waals surface area contributed by atoms with Crippen molar-refractivity contribution in [2.45, 2.75) is 25.9 Å². The van der Waals surface area contributed by atoms with Gasteiger partial charge in [0.1, 0.15) is 12.4 Å². The number of benzene rings is 1. The Kier molecular flexibility index (Phi) is 11.4. The van der Waals surface area contributed by atoms with Crippen molar-refractivity contribution in [2.24, 2.45) is 10.9 Å². The molecule has 1 aromatic heterocycles. The summed E-state index contributed by atoms with van der Waals surface area (Å²) in [6.45, 7) is 4.24. The molecule has 1 atom stereocenters. The Labute approximate surface area is 201 Å². The molecule has 0 saturated carbocycles. The Hall–Kier alpha value is -2.07. The minimum atomic E-state index is 0. The van der Waals surface area contributed by atoms with Crippen molar-refractivity contribution < 1.29 is 13.9 Å². The summed E-state index contributed by atoms with van der Waals surface area (Å²) in [6, 6.07) is 14.1. The normalized spacial score (nSPS) is 16.3. The van der Waals surface area contributed by atoms with Gasteiger partial charge < -0.3 is 24.7 Å². The molecule has 1 fully saturated rings. The summed E-state index contributed by atoms with van der Waals surface area (Å²) >= 11 is 0. The number of guanidine groups is 1. The fraction of sp³-hybridized carbons (Fsp3) is 0.478. The molecule has 170 valence electrons. The lowest BCUT2D eigenvalue weighted by Gasteiger charge is -2.18. The van der Waals surface area contributed by atoms with Crippen LogP contribution in [0.1, 0.15) is 24.2 Å². The van der Waals surface area contributed by atoms with E-state index in [1.165, 1.54) is 5.56 Å². The number of amides is 1. The Balaban J connectivity index is 0.00000341. The summed E-state index contributed by atoms with van der Waals surface area (Å²) in [7, 11) is 1.76. The summed E-state index contributed by atoms with van der Waals surface area (Å²) in [5, 5.41) is 6.64. The summed E-state index contributed by atoms with van der Waals surface area (Å²) < 4.78 is 10.8. The van der Waals surface area contributed by atoms with Crippen LogP contribution in [-0.4, -0.2) is 56.6 Å². The van der Waals surface area contributed by atoms with Crippen molar-refractivity contribution in [2.75, 3.05) is 39.8 Å². The van der Waals surface area contributed by atoms with Crippen LogP contribution in [0.15, 0.2) is 58.1 Å². The van der Waals surface area contributed by atoms with Crippen molar-refractivity contribution in [3.63, 3.8) is 0 Å². The third-order valence-electron chi connectivity index (χ3n) is 5.17. The number of ether oxygens (including phenoxy) is 1. The first-order valence-corrected chi connectivity index (χ1v) is 10.6. The molecule has 1 saturated heterocycles. The second kappa shape index (κ2) is 14.1. The fourth-order valence-corrected chi connectivity index (χ4v) is 3.53. The van der Waals surface area contributed by atoms with Gasteiger partial charge in [-0.05, 0) is 30.5 Å². The van der Waals surface area contributed by atoms with Crippen LogP contribution in [0, 0.1) is 5.92 Å². The molecule has 7 nitrogen and oxygen atoms in total. The molecule has 3 rings (SSSR count). The van der Waals surface area contributed by atoms with Crippen LogP contribution >= 0.6 is 24.0 Å². The van der Waals surface area contributed by atoms with Crippen molar-refractivity contribution in [3.8, 4) is 0 Å². The second-order valence-electron chi connectivity index (χ2n) is 7.51. The average molecular weight is 540 g/mol. The monoisotopic (exact) mass is 540 g/mol. The lowest BCUT2D eigenvalue weighted by atomic mass is 10.1. The van der Waals surface area contributed by atoms with Gasteiger partial charge in [-0.1, -0.05) is 30.3 Å². The van der Waals surface area contributed by atoms with E-state index in [9.17, 15) is 4.79 Å². The second-order valence-corrected chi connectivity index (χ2v) is 7.51. The molecule has 2 N–H and O–H groups in total. The Morgan fingerprint density at radius 1 is 1.23 bits per heavy atom. The van der Waals surface area contributed by atoms with E-state index in [2.05, 4.69) is 27.8 Å². The fourth-order valence-electron chi connectivity index (χ4n) is 3.53. The minimum Gasteiger partial charge on any atom is -0.467 e. The van der Waals surface area contributed by atoms with E-state index in [0.29, 0.717) is 25.6 Å². The van der Waals surface area contributed by atoms with Crippen molar-refractivity contribution >= 4 is 35.8 Å². The van der Waals surface area contributed by atoms with Crippen molar-refractivity contribution in [1.29, 1.82) is 0 Å². The lowest BCUT2D eigenvalue weighted by Crippen LogP contribution is -2.40. The number of carbonyl (C=O) groups excluding carboxylic acids is 1. The number of nitrogens with one attached hydrogen (secondary N) is 2. The van der Waals surface area contributed by atoms with Crippen molar-refractivity contribution in [1.82, 2.24) is 15.5 Å². The molecule has 1 aromatic carbocycles. The zero-order valence-corrected chi connectivity index (χ0v) is 20.4. The van der Waals surface area contributed by atoms with E-state index in [1.54, 1.807) is 13.3 Å². The Morgan fingerprint density at radius 3 is 2.81 bits per heavy atom. The molecule has 0 bridgehead atoms. The lowest BCUT2D eigenvalue weighted by molar-refractivity contribution is -0.127. The highest BCUT2D eigenvalue weighted by Gasteiger charge is 2.29. The van der Waals surface area contributed by atoms with Crippen molar-refractivity contribution in [3.05, 3.63) is 60.1 Å². The summed E-state index contributed by atoms with van der Waals surface area (Å²) in [6.07, 6.45) is 4.02. The van der Waals surface area contributed by atoms with Crippen LogP contribution < -0.4 is 10.6 Å². The number of aliphatic imine (C=N–C) groups is 1. The highest BCUT2D eigenvalue weighted by Crippen LogP contribution is 2.17. The molecular formula is C23H33IN4O3. The third-order valence-corrected chi connectivity index (χ3v) is 5.17. The molecule has 1 unspecified atom stereocenters. The molecule has 31 heavy (non-hydrogen) atoms. The average Bonchev–Trinajstić information content (AvgIpc) is 3.41. The molecule has 2 aromatic rings. The number of halogens is 1. The summed E-state index contributed by atoms with van der Waals surface area (Å²) in [5.41, 5.74) is 1.27. The topological polar surface area (TPSA) is 79.1 Å². The van der Waals surface area contributed by atoms with Gasteiger partial charge in [0.05, 0.1) is 6.26 Å². The summed E-state index contributed by atoms with van der Waals surface area (Å²) in [5.74, 6) is 2.15. The van der Waals surface area contributed by atoms with Gasteiger partial charge in [-0.15, -0.1) is 24.0 Å². The quantitative estimate of drug-likeness (QED) is 0.198. The van der Waals surface area contributed by atoms with Gasteiger partial charge in [-0.3, -0.25) is 9.79 Å². The van der Waals surface area contributed by atoms with Gasteiger partial charge >= 0.3 is 0 Å². The molecule has 1 amide bonds. The van der Waals surface area contributed by atoms with Gasteiger partial charge in [-0.2, -0.15) is 0 Å². The predicted molar refractivity (Wildman–Crippen MR) is 133 cm³/mol. The number of hydrogen-bond donors (Lipinski definition) is 2. The maximum Gasteiger partial charge on any atom is 0.223 e. The SMILES string of the molecule is CN=C(NCCCOCc1ccco1)NCC1CC(=O)N(CCc2ccccc2)C1.I. The molecule has 0 spiro atoms. The van der Waals surface area contributed by atoms with Crippen LogP contribution in [0.2, 0.25) is 0 Å². The standard InChI is InChI=1S/C23H32N4O3.HI/c1-24-23(25-11-6-13-29-18-21-9-5-14-30-21)26-16-20-15-22(28)27(17-20)12-10-19-7-3-2-4-8-19;/h2-5,7-9,14,20H,6,10-13,15-18H2,1H3,(H2,24,25,26);1H. The predicted octanol–water partition coefficient (Wildman–Crippen LogP) is 3.06. The molecule has 2 heterocycles. The van der Waals surface area contributed by atoms with E-state index in [4.69, 9.17) is 9.15 Å². The molecule has 0 radical (unpaired) electrons. The van der Waals surface area contributed by atoms with Crippen LogP contribution in [0.4, 0.5) is 0 Å². The maximum atomic E-state index is 12.3. The van der Waals surface area contributed by atoms with E-state index in [1.807, 2.05) is 35.2 Å². The maximum absolute atomic E-state index is 12.3. The van der Waals surface area contributed by atoms with E-state index < -0.39 is 0 Å². The first kappa shape index (κ1) is 25.2. The molecule has 1 aliphatic heterocycles. The number of furan rings is 1. The largest absolute Gasteiger partial charge is 0.467 e. The highest BCUT2D eigenvalue weighted by atomic mass is 127. The number of carbonyl (C=O) groups is 1. The van der Waals surface area contributed by atoms with Gasteiger partial charge in [0.15, 0.2) is 5.96 Å². The third kappa shape index (κ3) is 8.90. The number of nitrogens with zero attached hydrogens (tertiary/aromatic N) is 2. The van der Waals surface area contributed by atoms with E-state index in [-0.39, 0.29) is 29.9 Å². The molecule has 8 heteroatoms. The van der Waals surface area contributed by atoms with Crippen LogP contribution in [-0.2, 0) is 22.6 Å².